The molecule has 0 bridgehead atoms. The van der Waals surface area contributed by atoms with E-state index in [2.05, 4.69) is 20.4 Å². The van der Waals surface area contributed by atoms with Crippen molar-refractivity contribution in [2.45, 2.75) is 44.2 Å². The molecule has 4 aromatic rings. The third-order valence-electron chi connectivity index (χ3n) is 5.19. The molecule has 4 heterocycles. The molecule has 5 rings (SSSR count). The van der Waals surface area contributed by atoms with E-state index in [1.807, 2.05) is 31.2 Å². The molecule has 3 atom stereocenters. The minimum atomic E-state index is -0.563. The van der Waals surface area contributed by atoms with Crippen molar-refractivity contribution in [2.75, 3.05) is 0 Å². The van der Waals surface area contributed by atoms with Crippen LogP contribution < -0.4 is 5.73 Å². The Morgan fingerprint density at radius 2 is 2.07 bits per heavy atom. The summed E-state index contributed by atoms with van der Waals surface area (Å²) < 4.78 is 9.00. The molecule has 0 amide bonds. The first-order valence-electron chi connectivity index (χ1n) is 9.23. The second-order valence-corrected chi connectivity index (χ2v) is 7.18. The average Bonchev–Trinajstić information content (AvgIpc) is 3.41. The number of aryl methyl sites for hydroxylation is 1. The third-order valence-corrected chi connectivity index (χ3v) is 5.19. The van der Waals surface area contributed by atoms with Gasteiger partial charge < -0.3 is 15.3 Å². The van der Waals surface area contributed by atoms with Crippen LogP contribution in [0.3, 0.4) is 0 Å². The molecule has 3 N–H and O–H groups in total. The number of nitrogens with zero attached hydrogens (tertiary/aromatic N) is 7. The Hall–Kier alpha value is -3.11. The SMILES string of the molecule is Cc1ccc(-c2nc([C@H]3CC[C@@H](N)[C@H](O)C3)n(-c3ccc4nncn4n3)n2)o1. The highest BCUT2D eigenvalue weighted by molar-refractivity contribution is 5.48. The summed E-state index contributed by atoms with van der Waals surface area (Å²) in [6, 6.07) is 7.17. The Bertz CT molecular complexity index is 1130. The first-order chi connectivity index (χ1) is 13.6. The normalized spacial score (nSPS) is 22.8. The van der Waals surface area contributed by atoms with E-state index in [9.17, 15) is 5.11 Å². The predicted octanol–water partition coefficient (Wildman–Crippen LogP) is 1.23. The molecule has 0 spiro atoms. The maximum absolute atomic E-state index is 10.3. The minimum absolute atomic E-state index is 0.0190. The lowest BCUT2D eigenvalue weighted by molar-refractivity contribution is 0.0961. The minimum Gasteiger partial charge on any atom is -0.458 e. The molecule has 10 heteroatoms. The highest BCUT2D eigenvalue weighted by atomic mass is 16.3. The van der Waals surface area contributed by atoms with Crippen molar-refractivity contribution in [1.82, 2.24) is 34.6 Å². The van der Waals surface area contributed by atoms with Crippen LogP contribution in [0.2, 0.25) is 0 Å². The Balaban J connectivity index is 1.62. The highest BCUT2D eigenvalue weighted by Gasteiger charge is 2.32. The van der Waals surface area contributed by atoms with E-state index >= 15 is 0 Å². The summed E-state index contributed by atoms with van der Waals surface area (Å²) in [5.74, 6) is 3.21. The zero-order valence-electron chi connectivity index (χ0n) is 15.3. The number of hydrogen-bond acceptors (Lipinski definition) is 8. The van der Waals surface area contributed by atoms with Gasteiger partial charge in [-0.1, -0.05) is 0 Å². The van der Waals surface area contributed by atoms with Gasteiger partial charge in [-0.3, -0.25) is 0 Å². The van der Waals surface area contributed by atoms with Crippen LogP contribution in [0.15, 0.2) is 35.0 Å². The second-order valence-electron chi connectivity index (χ2n) is 7.18. The van der Waals surface area contributed by atoms with E-state index in [0.717, 1.165) is 24.4 Å². The monoisotopic (exact) mass is 380 g/mol. The van der Waals surface area contributed by atoms with E-state index in [1.165, 1.54) is 6.33 Å². The molecule has 0 aromatic carbocycles. The van der Waals surface area contributed by atoms with Crippen molar-refractivity contribution in [3.63, 3.8) is 0 Å². The van der Waals surface area contributed by atoms with Crippen LogP contribution in [-0.2, 0) is 0 Å². The Morgan fingerprint density at radius 1 is 1.18 bits per heavy atom. The number of aromatic nitrogens is 7. The van der Waals surface area contributed by atoms with E-state index in [4.69, 9.17) is 15.1 Å². The summed E-state index contributed by atoms with van der Waals surface area (Å²) in [5, 5.41) is 27.3. The number of rotatable bonds is 3. The largest absolute Gasteiger partial charge is 0.458 e. The first kappa shape index (κ1) is 17.0. The Labute approximate surface area is 160 Å². The summed E-state index contributed by atoms with van der Waals surface area (Å²) in [4.78, 5) is 4.75. The van der Waals surface area contributed by atoms with E-state index < -0.39 is 6.10 Å². The molecule has 1 aliphatic rings. The van der Waals surface area contributed by atoms with Crippen molar-refractivity contribution in [2.24, 2.45) is 5.73 Å². The Morgan fingerprint density at radius 3 is 2.86 bits per heavy atom. The van der Waals surface area contributed by atoms with Gasteiger partial charge in [-0.15, -0.1) is 20.4 Å². The van der Waals surface area contributed by atoms with Gasteiger partial charge in [0.25, 0.3) is 0 Å². The topological polar surface area (TPSA) is 133 Å². The van der Waals surface area contributed by atoms with Gasteiger partial charge in [0, 0.05) is 12.0 Å². The van der Waals surface area contributed by atoms with Crippen molar-refractivity contribution in [3.05, 3.63) is 42.2 Å². The molecule has 4 aromatic heterocycles. The molecule has 1 aliphatic carbocycles. The molecular weight excluding hydrogens is 360 g/mol. The molecule has 0 saturated heterocycles. The van der Waals surface area contributed by atoms with E-state index in [-0.39, 0.29) is 12.0 Å². The Kier molecular flexibility index (Phi) is 3.95. The maximum atomic E-state index is 10.3. The summed E-state index contributed by atoms with van der Waals surface area (Å²) in [6.07, 6.45) is 3.06. The van der Waals surface area contributed by atoms with Crippen molar-refractivity contribution in [1.29, 1.82) is 0 Å². The van der Waals surface area contributed by atoms with Gasteiger partial charge in [0.15, 0.2) is 17.2 Å². The second kappa shape index (κ2) is 6.50. The lowest BCUT2D eigenvalue weighted by Gasteiger charge is -2.30. The van der Waals surface area contributed by atoms with E-state index in [1.54, 1.807) is 9.20 Å². The van der Waals surface area contributed by atoms with Gasteiger partial charge in [0.1, 0.15) is 17.9 Å². The van der Waals surface area contributed by atoms with Crippen LogP contribution in [0.4, 0.5) is 0 Å². The quantitative estimate of drug-likeness (QED) is 0.542. The third kappa shape index (κ3) is 2.86. The number of aliphatic hydroxyl groups is 1. The fourth-order valence-corrected chi connectivity index (χ4v) is 3.65. The number of fused-ring (bicyclic) bond motifs is 1. The molecule has 0 radical (unpaired) electrons. The van der Waals surface area contributed by atoms with Crippen molar-refractivity contribution >= 4 is 5.65 Å². The van der Waals surface area contributed by atoms with Crippen molar-refractivity contribution in [3.8, 4) is 17.4 Å². The molecule has 10 nitrogen and oxygen atoms in total. The first-order valence-corrected chi connectivity index (χ1v) is 9.23. The van der Waals surface area contributed by atoms with Crippen LogP contribution in [-0.4, -0.2) is 51.8 Å². The standard InChI is InChI=1S/C18H20N8O2/c1-10-2-5-14(28-10)17-21-18(11-3-4-12(19)13(27)8-11)26(24-17)16-7-6-15-22-20-9-25(15)23-16/h2,5-7,9,11-13,27H,3-4,8,19H2,1H3/t11-,12+,13+/m0/s1. The van der Waals surface area contributed by atoms with Gasteiger partial charge in [-0.25, -0.2) is 4.98 Å². The van der Waals surface area contributed by atoms with Crippen molar-refractivity contribution < 1.29 is 9.52 Å². The number of hydrogen-bond donors (Lipinski definition) is 2. The van der Waals surface area contributed by atoms with Crippen LogP contribution in [0.1, 0.15) is 36.8 Å². The summed E-state index contributed by atoms with van der Waals surface area (Å²) >= 11 is 0. The number of furan rings is 1. The fraction of sp³-hybridized carbons (Fsp3) is 0.389. The van der Waals surface area contributed by atoms with Gasteiger partial charge in [0.2, 0.25) is 5.82 Å². The van der Waals surface area contributed by atoms with E-state index in [0.29, 0.717) is 29.5 Å². The van der Waals surface area contributed by atoms with Gasteiger partial charge in [0.05, 0.1) is 6.10 Å². The molecule has 0 unspecified atom stereocenters. The molecule has 144 valence electrons. The predicted molar refractivity (Wildman–Crippen MR) is 98.7 cm³/mol. The summed E-state index contributed by atoms with van der Waals surface area (Å²) in [7, 11) is 0. The molecule has 1 saturated carbocycles. The van der Waals surface area contributed by atoms with Gasteiger partial charge in [-0.05, 0) is 50.5 Å². The number of aliphatic hydroxyl groups excluding tert-OH is 1. The molecule has 0 aliphatic heterocycles. The zero-order valence-corrected chi connectivity index (χ0v) is 15.3. The highest BCUT2D eigenvalue weighted by Crippen LogP contribution is 2.33. The summed E-state index contributed by atoms with van der Waals surface area (Å²) in [5.41, 5.74) is 6.62. The lowest BCUT2D eigenvalue weighted by Crippen LogP contribution is -2.40. The maximum Gasteiger partial charge on any atom is 0.217 e. The average molecular weight is 380 g/mol. The molecule has 1 fully saturated rings. The van der Waals surface area contributed by atoms with Crippen LogP contribution in [0.25, 0.3) is 23.0 Å². The summed E-state index contributed by atoms with van der Waals surface area (Å²) in [6.45, 7) is 1.88. The zero-order chi connectivity index (χ0) is 19.3. The smallest absolute Gasteiger partial charge is 0.217 e. The van der Waals surface area contributed by atoms with Crippen LogP contribution in [0, 0.1) is 6.92 Å². The van der Waals surface area contributed by atoms with Gasteiger partial charge >= 0.3 is 0 Å². The molecule has 28 heavy (non-hydrogen) atoms. The molecular formula is C18H20N8O2. The fourth-order valence-electron chi connectivity index (χ4n) is 3.65. The van der Waals surface area contributed by atoms with Crippen LogP contribution >= 0.6 is 0 Å². The number of nitrogens with two attached hydrogens (primary N) is 1. The lowest BCUT2D eigenvalue weighted by atomic mass is 9.84. The van der Waals surface area contributed by atoms with Crippen LogP contribution in [0.5, 0.6) is 0 Å². The van der Waals surface area contributed by atoms with Gasteiger partial charge in [-0.2, -0.15) is 9.20 Å².